The molecule has 0 amide bonds. The van der Waals surface area contributed by atoms with Crippen LogP contribution in [0.1, 0.15) is 5.56 Å². The van der Waals surface area contributed by atoms with Crippen LogP contribution in [0.5, 0.6) is 11.5 Å². The number of rotatable bonds is 3. The molecule has 0 aliphatic carbocycles. The Balaban J connectivity index is 1.92. The summed E-state index contributed by atoms with van der Waals surface area (Å²) in [5.41, 5.74) is 1.23. The molecule has 0 saturated carbocycles. The quantitative estimate of drug-likeness (QED) is 0.932. The van der Waals surface area contributed by atoms with Crippen molar-refractivity contribution in [3.8, 4) is 11.5 Å². The molecule has 7 heteroatoms. The van der Waals surface area contributed by atoms with Crippen molar-refractivity contribution in [1.29, 1.82) is 0 Å². The minimum absolute atomic E-state index is 0.117. The zero-order chi connectivity index (χ0) is 15.7. The number of aryl methyl sites for hydroxylation is 1. The standard InChI is InChI=1S/C15H14ClNO4S/c1-10-8-11(16)2-4-13(10)17-22(18,19)12-3-5-14-15(9-12)21-7-6-20-14/h2-5,8-9,17H,6-7H2,1H3. The molecule has 0 bridgehead atoms. The van der Waals surface area contributed by atoms with E-state index in [1.54, 1.807) is 31.2 Å². The van der Waals surface area contributed by atoms with Gasteiger partial charge in [0, 0.05) is 11.1 Å². The van der Waals surface area contributed by atoms with Crippen LogP contribution in [-0.2, 0) is 10.0 Å². The van der Waals surface area contributed by atoms with Crippen molar-refractivity contribution >= 4 is 27.3 Å². The predicted octanol–water partition coefficient (Wildman–Crippen LogP) is 3.22. The van der Waals surface area contributed by atoms with Gasteiger partial charge in [-0.05, 0) is 42.8 Å². The zero-order valence-corrected chi connectivity index (χ0v) is 13.4. The molecule has 0 unspecified atom stereocenters. The Labute approximate surface area is 133 Å². The Morgan fingerprint density at radius 3 is 2.50 bits per heavy atom. The van der Waals surface area contributed by atoms with Gasteiger partial charge in [-0.2, -0.15) is 0 Å². The molecule has 0 radical (unpaired) electrons. The summed E-state index contributed by atoms with van der Waals surface area (Å²) >= 11 is 5.88. The highest BCUT2D eigenvalue weighted by atomic mass is 35.5. The lowest BCUT2D eigenvalue weighted by Gasteiger charge is -2.19. The van der Waals surface area contributed by atoms with E-state index in [0.717, 1.165) is 5.56 Å². The van der Waals surface area contributed by atoms with Gasteiger partial charge in [0.1, 0.15) is 13.2 Å². The molecule has 0 aromatic heterocycles. The minimum atomic E-state index is -3.71. The summed E-state index contributed by atoms with van der Waals surface area (Å²) in [5.74, 6) is 0.981. The average Bonchev–Trinajstić information content (AvgIpc) is 2.49. The maximum Gasteiger partial charge on any atom is 0.262 e. The number of hydrogen-bond donors (Lipinski definition) is 1. The van der Waals surface area contributed by atoms with Crippen LogP contribution in [0, 0.1) is 6.92 Å². The minimum Gasteiger partial charge on any atom is -0.486 e. The Kier molecular flexibility index (Phi) is 3.88. The first-order chi connectivity index (χ1) is 10.5. The van der Waals surface area contributed by atoms with E-state index >= 15 is 0 Å². The van der Waals surface area contributed by atoms with Gasteiger partial charge in [0.15, 0.2) is 11.5 Å². The van der Waals surface area contributed by atoms with Gasteiger partial charge in [-0.1, -0.05) is 11.6 Å². The monoisotopic (exact) mass is 339 g/mol. The van der Waals surface area contributed by atoms with E-state index in [2.05, 4.69) is 4.72 Å². The Hall–Kier alpha value is -1.92. The molecule has 1 N–H and O–H groups in total. The number of fused-ring (bicyclic) bond motifs is 1. The topological polar surface area (TPSA) is 64.6 Å². The summed E-state index contributed by atoms with van der Waals surface area (Å²) in [4.78, 5) is 0.117. The van der Waals surface area contributed by atoms with Crippen LogP contribution in [0.25, 0.3) is 0 Å². The molecule has 0 saturated heterocycles. The SMILES string of the molecule is Cc1cc(Cl)ccc1NS(=O)(=O)c1ccc2c(c1)OCCO2. The lowest BCUT2D eigenvalue weighted by atomic mass is 10.2. The molecule has 0 fully saturated rings. The predicted molar refractivity (Wildman–Crippen MR) is 84.4 cm³/mol. The van der Waals surface area contributed by atoms with Crippen molar-refractivity contribution in [2.75, 3.05) is 17.9 Å². The molecule has 2 aromatic carbocycles. The van der Waals surface area contributed by atoms with Crippen LogP contribution in [-0.4, -0.2) is 21.6 Å². The van der Waals surface area contributed by atoms with E-state index in [0.29, 0.717) is 35.4 Å². The molecule has 2 aromatic rings. The molecule has 0 atom stereocenters. The average molecular weight is 340 g/mol. The molecule has 0 spiro atoms. The highest BCUT2D eigenvalue weighted by Crippen LogP contribution is 2.33. The van der Waals surface area contributed by atoms with Crippen molar-refractivity contribution < 1.29 is 17.9 Å². The number of ether oxygens (including phenoxy) is 2. The van der Waals surface area contributed by atoms with Gasteiger partial charge in [0.05, 0.1) is 10.6 Å². The summed E-state index contributed by atoms with van der Waals surface area (Å²) in [6, 6.07) is 9.51. The highest BCUT2D eigenvalue weighted by molar-refractivity contribution is 7.92. The van der Waals surface area contributed by atoms with Crippen molar-refractivity contribution in [2.45, 2.75) is 11.8 Å². The van der Waals surface area contributed by atoms with Gasteiger partial charge in [-0.15, -0.1) is 0 Å². The molecule has 1 aliphatic rings. The summed E-state index contributed by atoms with van der Waals surface area (Å²) < 4.78 is 38.3. The fourth-order valence-corrected chi connectivity index (χ4v) is 3.51. The van der Waals surface area contributed by atoms with E-state index in [4.69, 9.17) is 21.1 Å². The van der Waals surface area contributed by atoms with Crippen LogP contribution in [0.3, 0.4) is 0 Å². The third-order valence-corrected chi connectivity index (χ3v) is 4.85. The van der Waals surface area contributed by atoms with Crippen molar-refractivity contribution in [3.05, 3.63) is 47.0 Å². The number of hydrogen-bond acceptors (Lipinski definition) is 4. The van der Waals surface area contributed by atoms with Crippen LogP contribution < -0.4 is 14.2 Å². The highest BCUT2D eigenvalue weighted by Gasteiger charge is 2.20. The molecular weight excluding hydrogens is 326 g/mol. The first kappa shape index (κ1) is 15.0. The van der Waals surface area contributed by atoms with E-state index in [-0.39, 0.29) is 4.90 Å². The Morgan fingerprint density at radius 1 is 1.05 bits per heavy atom. The van der Waals surface area contributed by atoms with Crippen LogP contribution in [0.4, 0.5) is 5.69 Å². The molecule has 1 heterocycles. The lowest BCUT2D eigenvalue weighted by Crippen LogP contribution is -2.17. The molecule has 3 rings (SSSR count). The summed E-state index contributed by atoms with van der Waals surface area (Å²) in [6.45, 7) is 2.65. The van der Waals surface area contributed by atoms with Crippen LogP contribution >= 0.6 is 11.6 Å². The second-order valence-electron chi connectivity index (χ2n) is 4.87. The zero-order valence-electron chi connectivity index (χ0n) is 11.8. The van der Waals surface area contributed by atoms with Gasteiger partial charge in [-0.25, -0.2) is 8.42 Å². The van der Waals surface area contributed by atoms with Gasteiger partial charge < -0.3 is 9.47 Å². The first-order valence-electron chi connectivity index (χ1n) is 6.64. The largest absolute Gasteiger partial charge is 0.486 e. The van der Waals surface area contributed by atoms with Crippen LogP contribution in [0.2, 0.25) is 5.02 Å². The second kappa shape index (κ2) is 5.70. The lowest BCUT2D eigenvalue weighted by molar-refractivity contribution is 0.171. The summed E-state index contributed by atoms with van der Waals surface area (Å²) in [6.07, 6.45) is 0. The smallest absolute Gasteiger partial charge is 0.262 e. The second-order valence-corrected chi connectivity index (χ2v) is 6.99. The maximum atomic E-state index is 12.5. The fourth-order valence-electron chi connectivity index (χ4n) is 2.14. The number of sulfonamides is 1. The van der Waals surface area contributed by atoms with E-state index < -0.39 is 10.0 Å². The third-order valence-electron chi connectivity index (χ3n) is 3.26. The van der Waals surface area contributed by atoms with Gasteiger partial charge in [-0.3, -0.25) is 4.72 Å². The fraction of sp³-hybridized carbons (Fsp3) is 0.200. The molecular formula is C15H14ClNO4S. The number of anilines is 1. The Morgan fingerprint density at radius 2 is 1.77 bits per heavy atom. The number of benzene rings is 2. The normalized spacial score (nSPS) is 13.7. The Bertz CT molecular complexity index is 820. The van der Waals surface area contributed by atoms with Crippen LogP contribution in [0.15, 0.2) is 41.3 Å². The summed E-state index contributed by atoms with van der Waals surface area (Å²) in [7, 11) is -3.71. The molecule has 116 valence electrons. The van der Waals surface area contributed by atoms with Crippen molar-refractivity contribution in [1.82, 2.24) is 0 Å². The number of halogens is 1. The van der Waals surface area contributed by atoms with Gasteiger partial charge in [0.25, 0.3) is 10.0 Å². The molecule has 22 heavy (non-hydrogen) atoms. The maximum absolute atomic E-state index is 12.5. The van der Waals surface area contributed by atoms with Crippen molar-refractivity contribution in [2.24, 2.45) is 0 Å². The molecule has 5 nitrogen and oxygen atoms in total. The first-order valence-corrected chi connectivity index (χ1v) is 8.50. The number of nitrogens with one attached hydrogen (secondary N) is 1. The van der Waals surface area contributed by atoms with Gasteiger partial charge >= 0.3 is 0 Å². The van der Waals surface area contributed by atoms with E-state index in [1.165, 1.54) is 12.1 Å². The molecule has 1 aliphatic heterocycles. The third kappa shape index (κ3) is 2.98. The van der Waals surface area contributed by atoms with E-state index in [1.807, 2.05) is 0 Å². The van der Waals surface area contributed by atoms with E-state index in [9.17, 15) is 8.42 Å². The van der Waals surface area contributed by atoms with Gasteiger partial charge in [0.2, 0.25) is 0 Å². The van der Waals surface area contributed by atoms with Crippen molar-refractivity contribution in [3.63, 3.8) is 0 Å². The summed E-state index contributed by atoms with van der Waals surface area (Å²) in [5, 5.41) is 0.555.